The number of fused-ring (bicyclic) bond motifs is 2. The van der Waals surface area contributed by atoms with Crippen LogP contribution in [-0.4, -0.2) is 34.1 Å². The van der Waals surface area contributed by atoms with Gasteiger partial charge in [-0.15, -0.1) is 0 Å². The lowest BCUT2D eigenvalue weighted by molar-refractivity contribution is -0.209. The van der Waals surface area contributed by atoms with Crippen LogP contribution in [0, 0.1) is 50.7 Å². The first-order valence-electron chi connectivity index (χ1n) is 13.7. The van der Waals surface area contributed by atoms with Crippen LogP contribution in [0.1, 0.15) is 92.4 Å². The molecule has 3 N–H and O–H groups in total. The summed E-state index contributed by atoms with van der Waals surface area (Å²) in [5.74, 6) is 1.94. The Bertz CT molecular complexity index is 849. The van der Waals surface area contributed by atoms with Gasteiger partial charge in [-0.25, -0.2) is 0 Å². The molecule has 5 rings (SSSR count). The Hall–Kier alpha value is -0.640. The van der Waals surface area contributed by atoms with Gasteiger partial charge in [-0.1, -0.05) is 52.0 Å². The summed E-state index contributed by atoms with van der Waals surface area (Å²) in [6, 6.07) is 0. The SMILES string of the molecule is C=C(C)C=CC[C@@H](C)[C@H]1CC[C@@]2(C)[C@@H]3[C@@H](O)C[C@H]4[C@](C)(CO)[C@@H](O)CC[C@@]45C[C@@]35CC[C@]12C. The zero-order chi connectivity index (χ0) is 24.0. The average molecular weight is 457 g/mol. The van der Waals surface area contributed by atoms with Crippen LogP contribution in [-0.2, 0) is 0 Å². The Labute approximate surface area is 201 Å². The van der Waals surface area contributed by atoms with Gasteiger partial charge in [-0.2, -0.15) is 0 Å². The molecule has 186 valence electrons. The minimum absolute atomic E-state index is 0.0281. The fourth-order valence-corrected chi connectivity index (χ4v) is 11.0. The molecule has 0 bridgehead atoms. The second kappa shape index (κ2) is 7.43. The summed E-state index contributed by atoms with van der Waals surface area (Å²) in [5.41, 5.74) is 1.53. The van der Waals surface area contributed by atoms with Gasteiger partial charge in [-0.3, -0.25) is 0 Å². The summed E-state index contributed by atoms with van der Waals surface area (Å²) >= 11 is 0. The second-order valence-corrected chi connectivity index (χ2v) is 14.0. The number of aliphatic hydroxyl groups is 3. The van der Waals surface area contributed by atoms with Gasteiger partial charge >= 0.3 is 0 Å². The highest BCUT2D eigenvalue weighted by atomic mass is 16.3. The van der Waals surface area contributed by atoms with E-state index in [-0.39, 0.29) is 40.3 Å². The standard InChI is InChI=1S/C30H48O3/c1-19(2)8-7-9-20(3)21-10-12-28(6)25-22(32)16-23-26(4,18-31)24(33)11-13-29(23)17-30(25,29)15-14-27(21,28)5/h7-8,20-25,31-33H,1,9-18H2,2-6H3/t20-,21-,22+,23+,24+,25+,26+,27-,28+,29-,30+/m1/s1. The molecule has 0 unspecified atom stereocenters. The van der Waals surface area contributed by atoms with Gasteiger partial charge in [0, 0.05) is 5.41 Å². The maximum Gasteiger partial charge on any atom is 0.0618 e. The van der Waals surface area contributed by atoms with Crippen LogP contribution in [0.2, 0.25) is 0 Å². The lowest BCUT2D eigenvalue weighted by Gasteiger charge is -2.64. The normalized spacial score (nSPS) is 55.9. The smallest absolute Gasteiger partial charge is 0.0618 e. The molecule has 5 saturated carbocycles. The van der Waals surface area contributed by atoms with Crippen LogP contribution < -0.4 is 0 Å². The molecule has 11 atom stereocenters. The number of rotatable bonds is 5. The van der Waals surface area contributed by atoms with E-state index in [4.69, 9.17) is 0 Å². The van der Waals surface area contributed by atoms with Gasteiger partial charge in [0.2, 0.25) is 0 Å². The number of aliphatic hydroxyl groups excluding tert-OH is 3. The molecule has 0 aliphatic heterocycles. The number of hydrogen-bond acceptors (Lipinski definition) is 3. The summed E-state index contributed by atoms with van der Waals surface area (Å²) in [5, 5.41) is 33.0. The summed E-state index contributed by atoms with van der Waals surface area (Å²) < 4.78 is 0. The van der Waals surface area contributed by atoms with Crippen molar-refractivity contribution in [2.24, 2.45) is 50.7 Å². The molecule has 5 fully saturated rings. The first-order chi connectivity index (χ1) is 15.4. The van der Waals surface area contributed by atoms with E-state index in [2.05, 4.69) is 53.3 Å². The third-order valence-corrected chi connectivity index (χ3v) is 12.9. The zero-order valence-corrected chi connectivity index (χ0v) is 21.7. The highest BCUT2D eigenvalue weighted by Gasteiger charge is 2.84. The fraction of sp³-hybridized carbons (Fsp3) is 0.867. The second-order valence-electron chi connectivity index (χ2n) is 14.0. The first kappa shape index (κ1) is 24.1. The maximum atomic E-state index is 11.8. The predicted octanol–water partition coefficient (Wildman–Crippen LogP) is 5.89. The lowest BCUT2D eigenvalue weighted by atomic mass is 9.41. The number of allylic oxidation sites excluding steroid dienone is 3. The third-order valence-electron chi connectivity index (χ3n) is 12.9. The van der Waals surface area contributed by atoms with Crippen molar-refractivity contribution in [2.45, 2.75) is 105 Å². The zero-order valence-electron chi connectivity index (χ0n) is 21.7. The Kier molecular flexibility index (Phi) is 5.42. The molecule has 33 heavy (non-hydrogen) atoms. The molecular formula is C30H48O3. The Morgan fingerprint density at radius 2 is 1.76 bits per heavy atom. The minimum atomic E-state index is -0.475. The third kappa shape index (κ3) is 2.85. The Morgan fingerprint density at radius 1 is 1.03 bits per heavy atom. The molecule has 0 saturated heterocycles. The van der Waals surface area contributed by atoms with E-state index in [0.29, 0.717) is 17.8 Å². The summed E-state index contributed by atoms with van der Waals surface area (Å²) in [6.07, 6.45) is 13.7. The summed E-state index contributed by atoms with van der Waals surface area (Å²) in [6.45, 7) is 15.7. The molecule has 0 radical (unpaired) electrons. The van der Waals surface area contributed by atoms with Crippen molar-refractivity contribution < 1.29 is 15.3 Å². The molecule has 5 aliphatic carbocycles. The minimum Gasteiger partial charge on any atom is -0.396 e. The monoisotopic (exact) mass is 456 g/mol. The van der Waals surface area contributed by atoms with Crippen LogP contribution in [0.25, 0.3) is 0 Å². The fourth-order valence-electron chi connectivity index (χ4n) is 11.0. The summed E-state index contributed by atoms with van der Waals surface area (Å²) in [7, 11) is 0. The molecular weight excluding hydrogens is 408 g/mol. The van der Waals surface area contributed by atoms with Gasteiger partial charge in [0.25, 0.3) is 0 Å². The molecule has 2 spiro atoms. The van der Waals surface area contributed by atoms with E-state index >= 15 is 0 Å². The molecule has 0 aromatic rings. The van der Waals surface area contributed by atoms with Gasteiger partial charge in [0.15, 0.2) is 0 Å². The van der Waals surface area contributed by atoms with E-state index in [1.807, 2.05) is 0 Å². The Morgan fingerprint density at radius 3 is 2.42 bits per heavy atom. The van der Waals surface area contributed by atoms with Crippen molar-refractivity contribution in [3.05, 3.63) is 24.3 Å². The Balaban J connectivity index is 1.46. The van der Waals surface area contributed by atoms with Crippen molar-refractivity contribution in [3.63, 3.8) is 0 Å². The van der Waals surface area contributed by atoms with E-state index in [0.717, 1.165) is 31.3 Å². The molecule has 0 aromatic carbocycles. The van der Waals surface area contributed by atoms with Crippen LogP contribution in [0.15, 0.2) is 24.3 Å². The molecule has 0 aromatic heterocycles. The van der Waals surface area contributed by atoms with Crippen molar-refractivity contribution in [3.8, 4) is 0 Å². The molecule has 5 aliphatic rings. The topological polar surface area (TPSA) is 60.7 Å². The highest BCUT2D eigenvalue weighted by Crippen LogP contribution is 2.89. The van der Waals surface area contributed by atoms with Gasteiger partial charge in [-0.05, 0) is 110 Å². The van der Waals surface area contributed by atoms with Crippen molar-refractivity contribution in [1.29, 1.82) is 0 Å². The van der Waals surface area contributed by atoms with Gasteiger partial charge in [0.1, 0.15) is 0 Å². The summed E-state index contributed by atoms with van der Waals surface area (Å²) in [4.78, 5) is 0. The first-order valence-corrected chi connectivity index (χ1v) is 13.7. The number of hydrogen-bond donors (Lipinski definition) is 3. The van der Waals surface area contributed by atoms with Crippen LogP contribution in [0.3, 0.4) is 0 Å². The van der Waals surface area contributed by atoms with E-state index < -0.39 is 11.5 Å². The van der Waals surface area contributed by atoms with E-state index in [9.17, 15) is 15.3 Å². The quantitative estimate of drug-likeness (QED) is 0.452. The average Bonchev–Trinajstić information content (AvgIpc) is 3.32. The van der Waals surface area contributed by atoms with Crippen molar-refractivity contribution in [1.82, 2.24) is 0 Å². The van der Waals surface area contributed by atoms with Crippen LogP contribution in [0.5, 0.6) is 0 Å². The molecule has 0 heterocycles. The van der Waals surface area contributed by atoms with Crippen LogP contribution >= 0.6 is 0 Å². The molecule has 3 nitrogen and oxygen atoms in total. The molecule has 0 amide bonds. The van der Waals surface area contributed by atoms with Gasteiger partial charge < -0.3 is 15.3 Å². The largest absolute Gasteiger partial charge is 0.396 e. The lowest BCUT2D eigenvalue weighted by Crippen LogP contribution is -2.62. The van der Waals surface area contributed by atoms with E-state index in [1.165, 1.54) is 32.1 Å². The van der Waals surface area contributed by atoms with Crippen molar-refractivity contribution in [2.75, 3.05) is 6.61 Å². The maximum absolute atomic E-state index is 11.8. The van der Waals surface area contributed by atoms with Crippen molar-refractivity contribution >= 4 is 0 Å². The van der Waals surface area contributed by atoms with E-state index in [1.54, 1.807) is 0 Å². The van der Waals surface area contributed by atoms with Crippen LogP contribution in [0.4, 0.5) is 0 Å². The molecule has 3 heteroatoms. The van der Waals surface area contributed by atoms with Gasteiger partial charge in [0.05, 0.1) is 18.8 Å². The predicted molar refractivity (Wildman–Crippen MR) is 133 cm³/mol. The highest BCUT2D eigenvalue weighted by molar-refractivity contribution is 5.32.